The van der Waals surface area contributed by atoms with Crippen LogP contribution in [0.2, 0.25) is 0 Å². The molecule has 2 aromatic heterocycles. The number of rotatable bonds is 6. The number of carbonyl (C=O) groups is 1. The average molecular weight is 387 g/mol. The monoisotopic (exact) mass is 387 g/mol. The molecule has 0 aliphatic carbocycles. The molecule has 0 bridgehead atoms. The summed E-state index contributed by atoms with van der Waals surface area (Å²) in [4.78, 5) is 16.9. The van der Waals surface area contributed by atoms with Crippen LogP contribution in [-0.2, 0) is 17.9 Å². The zero-order chi connectivity index (χ0) is 20.2. The maximum Gasteiger partial charge on any atom is 0.342 e. The Kier molecular flexibility index (Phi) is 5.24. The molecular weight excluding hydrogens is 366 g/mol. The molecule has 0 amide bonds. The van der Waals surface area contributed by atoms with Crippen molar-refractivity contribution in [2.75, 3.05) is 0 Å². The Bertz CT molecular complexity index is 1110. The molecule has 0 radical (unpaired) electrons. The van der Waals surface area contributed by atoms with Gasteiger partial charge in [0.05, 0.1) is 24.1 Å². The van der Waals surface area contributed by atoms with Crippen molar-refractivity contribution in [3.8, 4) is 11.3 Å². The fourth-order valence-corrected chi connectivity index (χ4v) is 3.21. The topological polar surface area (TPSA) is 70.2 Å². The molecular formula is C23H21N3O3. The SMILES string of the molecule is Cc1nn(Cc2ccccc2)c(C)c1C(=O)OCc1ncc(-c2ccccc2)o1. The second-order valence-corrected chi connectivity index (χ2v) is 6.75. The zero-order valence-corrected chi connectivity index (χ0v) is 16.3. The number of aryl methyl sites for hydroxylation is 1. The molecule has 0 spiro atoms. The molecule has 4 aromatic rings. The maximum absolute atomic E-state index is 12.7. The van der Waals surface area contributed by atoms with Crippen LogP contribution in [0.25, 0.3) is 11.3 Å². The van der Waals surface area contributed by atoms with Crippen LogP contribution in [0.5, 0.6) is 0 Å². The minimum Gasteiger partial charge on any atom is -0.452 e. The molecule has 4 rings (SSSR count). The van der Waals surface area contributed by atoms with Gasteiger partial charge in [0, 0.05) is 5.56 Å². The van der Waals surface area contributed by atoms with E-state index >= 15 is 0 Å². The Hall–Kier alpha value is -3.67. The average Bonchev–Trinajstić information content (AvgIpc) is 3.32. The lowest BCUT2D eigenvalue weighted by molar-refractivity contribution is 0.0437. The van der Waals surface area contributed by atoms with Crippen LogP contribution in [0.4, 0.5) is 0 Å². The van der Waals surface area contributed by atoms with Crippen LogP contribution in [0.1, 0.15) is 33.2 Å². The molecule has 6 heteroatoms. The number of carbonyl (C=O) groups excluding carboxylic acids is 1. The Morgan fingerprint density at radius 3 is 2.45 bits per heavy atom. The Morgan fingerprint density at radius 1 is 1.03 bits per heavy atom. The number of hydrogen-bond donors (Lipinski definition) is 0. The minimum atomic E-state index is -0.432. The number of esters is 1. The van der Waals surface area contributed by atoms with E-state index in [0.717, 1.165) is 16.8 Å². The molecule has 146 valence electrons. The van der Waals surface area contributed by atoms with E-state index in [4.69, 9.17) is 9.15 Å². The Labute approximate surface area is 168 Å². The quantitative estimate of drug-likeness (QED) is 0.454. The van der Waals surface area contributed by atoms with Gasteiger partial charge in [-0.25, -0.2) is 9.78 Å². The van der Waals surface area contributed by atoms with Gasteiger partial charge in [-0.15, -0.1) is 0 Å². The standard InChI is InChI=1S/C23H21N3O3/c1-16-22(17(2)26(25-16)14-18-9-5-3-6-10-18)23(27)28-15-21-24-13-20(29-21)19-11-7-4-8-12-19/h3-13H,14-15H2,1-2H3. The highest BCUT2D eigenvalue weighted by Crippen LogP contribution is 2.21. The summed E-state index contributed by atoms with van der Waals surface area (Å²) in [6.45, 7) is 4.25. The van der Waals surface area contributed by atoms with Crippen LogP contribution in [0.15, 0.2) is 71.3 Å². The largest absolute Gasteiger partial charge is 0.452 e. The fourth-order valence-electron chi connectivity index (χ4n) is 3.21. The number of oxazole rings is 1. The van der Waals surface area contributed by atoms with Crippen LogP contribution in [-0.4, -0.2) is 20.7 Å². The van der Waals surface area contributed by atoms with E-state index in [0.29, 0.717) is 29.5 Å². The Morgan fingerprint density at radius 2 is 1.72 bits per heavy atom. The van der Waals surface area contributed by atoms with Gasteiger partial charge in [-0.05, 0) is 19.4 Å². The smallest absolute Gasteiger partial charge is 0.342 e. The third kappa shape index (κ3) is 4.11. The predicted molar refractivity (Wildman–Crippen MR) is 108 cm³/mol. The van der Waals surface area contributed by atoms with Gasteiger partial charge in [0.2, 0.25) is 5.89 Å². The lowest BCUT2D eigenvalue weighted by Gasteiger charge is -2.06. The lowest BCUT2D eigenvalue weighted by Crippen LogP contribution is -2.09. The summed E-state index contributed by atoms with van der Waals surface area (Å²) in [6.07, 6.45) is 1.63. The zero-order valence-electron chi connectivity index (χ0n) is 16.3. The van der Waals surface area contributed by atoms with E-state index in [1.165, 1.54) is 0 Å². The van der Waals surface area contributed by atoms with E-state index in [1.807, 2.05) is 79.2 Å². The highest BCUT2D eigenvalue weighted by molar-refractivity contribution is 5.91. The molecule has 2 heterocycles. The highest BCUT2D eigenvalue weighted by atomic mass is 16.5. The fraction of sp³-hybridized carbons (Fsp3) is 0.174. The van der Waals surface area contributed by atoms with Gasteiger partial charge < -0.3 is 9.15 Å². The van der Waals surface area contributed by atoms with Gasteiger partial charge in [0.25, 0.3) is 0 Å². The normalized spacial score (nSPS) is 10.8. The summed E-state index contributed by atoms with van der Waals surface area (Å²) in [5, 5.41) is 4.50. The lowest BCUT2D eigenvalue weighted by atomic mass is 10.2. The van der Waals surface area contributed by atoms with Gasteiger partial charge in [-0.2, -0.15) is 5.10 Å². The van der Waals surface area contributed by atoms with Crippen LogP contribution < -0.4 is 0 Å². The second-order valence-electron chi connectivity index (χ2n) is 6.75. The first-order chi connectivity index (χ1) is 14.1. The van der Waals surface area contributed by atoms with Crippen LogP contribution >= 0.6 is 0 Å². The summed E-state index contributed by atoms with van der Waals surface area (Å²) in [5.74, 6) is 0.558. The second kappa shape index (κ2) is 8.14. The molecule has 0 saturated carbocycles. The molecule has 0 unspecified atom stereocenters. The van der Waals surface area contributed by atoms with E-state index in [1.54, 1.807) is 6.20 Å². The van der Waals surface area contributed by atoms with Gasteiger partial charge >= 0.3 is 5.97 Å². The molecule has 0 aliphatic rings. The summed E-state index contributed by atoms with van der Waals surface area (Å²) < 4.78 is 13.0. The first-order valence-electron chi connectivity index (χ1n) is 9.37. The molecule has 2 aromatic carbocycles. The maximum atomic E-state index is 12.7. The van der Waals surface area contributed by atoms with Gasteiger partial charge in [0.1, 0.15) is 5.56 Å². The number of benzene rings is 2. The summed E-state index contributed by atoms with van der Waals surface area (Å²) >= 11 is 0. The third-order valence-corrected chi connectivity index (χ3v) is 4.70. The number of aromatic nitrogens is 3. The number of nitrogens with zero attached hydrogens (tertiary/aromatic N) is 3. The van der Waals surface area contributed by atoms with E-state index in [-0.39, 0.29) is 6.61 Å². The molecule has 0 fully saturated rings. The van der Waals surface area contributed by atoms with Gasteiger partial charge in [0.15, 0.2) is 12.4 Å². The molecule has 0 atom stereocenters. The van der Waals surface area contributed by atoms with Gasteiger partial charge in [-0.1, -0.05) is 60.7 Å². The minimum absolute atomic E-state index is 0.0333. The van der Waals surface area contributed by atoms with E-state index < -0.39 is 5.97 Å². The summed E-state index contributed by atoms with van der Waals surface area (Å²) in [5.41, 5.74) is 3.93. The highest BCUT2D eigenvalue weighted by Gasteiger charge is 2.21. The van der Waals surface area contributed by atoms with Crippen molar-refractivity contribution in [2.24, 2.45) is 0 Å². The van der Waals surface area contributed by atoms with Crippen LogP contribution in [0.3, 0.4) is 0 Å². The number of ether oxygens (including phenoxy) is 1. The van der Waals surface area contributed by atoms with Crippen molar-refractivity contribution in [3.63, 3.8) is 0 Å². The predicted octanol–water partition coefficient (Wildman–Crippen LogP) is 4.56. The van der Waals surface area contributed by atoms with Crippen molar-refractivity contribution in [3.05, 3.63) is 95.3 Å². The first kappa shape index (κ1) is 18.7. The van der Waals surface area contributed by atoms with Gasteiger partial charge in [-0.3, -0.25) is 4.68 Å². The molecule has 29 heavy (non-hydrogen) atoms. The molecule has 0 N–H and O–H groups in total. The molecule has 6 nitrogen and oxygen atoms in total. The van der Waals surface area contributed by atoms with E-state index in [2.05, 4.69) is 10.1 Å². The number of hydrogen-bond acceptors (Lipinski definition) is 5. The van der Waals surface area contributed by atoms with Crippen molar-refractivity contribution in [1.82, 2.24) is 14.8 Å². The third-order valence-electron chi connectivity index (χ3n) is 4.70. The van der Waals surface area contributed by atoms with Crippen molar-refractivity contribution >= 4 is 5.97 Å². The summed E-state index contributed by atoms with van der Waals surface area (Å²) in [7, 11) is 0. The Balaban J connectivity index is 1.45. The summed E-state index contributed by atoms with van der Waals surface area (Å²) in [6, 6.07) is 19.7. The van der Waals surface area contributed by atoms with Crippen LogP contribution in [0, 0.1) is 13.8 Å². The van der Waals surface area contributed by atoms with Crippen molar-refractivity contribution < 1.29 is 13.9 Å². The molecule has 0 saturated heterocycles. The van der Waals surface area contributed by atoms with Crippen molar-refractivity contribution in [2.45, 2.75) is 27.0 Å². The first-order valence-corrected chi connectivity index (χ1v) is 9.37. The van der Waals surface area contributed by atoms with Crippen molar-refractivity contribution in [1.29, 1.82) is 0 Å². The molecule has 0 aliphatic heterocycles. The van der Waals surface area contributed by atoms with E-state index in [9.17, 15) is 4.79 Å².